The van der Waals surface area contributed by atoms with Crippen LogP contribution in [0.1, 0.15) is 45.6 Å². The van der Waals surface area contributed by atoms with E-state index < -0.39 is 11.4 Å². The van der Waals surface area contributed by atoms with Crippen molar-refractivity contribution in [1.29, 1.82) is 5.26 Å². The Balaban J connectivity index is 1.39. The molecular weight excluding hydrogens is 397 g/mol. The second kappa shape index (κ2) is 7.79. The minimum absolute atomic E-state index is 0.00735. The molecule has 2 saturated heterocycles. The van der Waals surface area contributed by atoms with Crippen molar-refractivity contribution in [2.45, 2.75) is 45.6 Å². The zero-order chi connectivity index (χ0) is 22.4. The molecule has 1 N–H and O–H groups in total. The van der Waals surface area contributed by atoms with E-state index in [1.54, 1.807) is 12.1 Å². The Morgan fingerprint density at radius 3 is 2.52 bits per heavy atom. The molecule has 0 aromatic heterocycles. The van der Waals surface area contributed by atoms with E-state index in [-0.39, 0.29) is 24.0 Å². The molecule has 1 aromatic carbocycles. The Morgan fingerprint density at radius 1 is 1.19 bits per heavy atom. The van der Waals surface area contributed by atoms with Crippen LogP contribution < -0.4 is 10.2 Å². The molecule has 0 bridgehead atoms. The molecule has 1 saturated carbocycles. The fraction of sp³-hybridized carbons (Fsp3) is 0.609. The SMILES string of the molecule is CC1CC(C)(C)CC2(C1)NC(=O)N(CN1CCN(c3ccc(C#N)cc3F)CC1)C2=O. The monoisotopic (exact) mass is 427 g/mol. The van der Waals surface area contributed by atoms with Crippen LogP contribution in [-0.4, -0.2) is 60.1 Å². The molecule has 31 heavy (non-hydrogen) atoms. The molecule has 2 heterocycles. The van der Waals surface area contributed by atoms with Gasteiger partial charge < -0.3 is 10.2 Å². The summed E-state index contributed by atoms with van der Waals surface area (Å²) in [6.45, 7) is 9.12. The van der Waals surface area contributed by atoms with Crippen LogP contribution in [0.2, 0.25) is 0 Å². The van der Waals surface area contributed by atoms with Gasteiger partial charge in [0.25, 0.3) is 5.91 Å². The summed E-state index contributed by atoms with van der Waals surface area (Å²) in [4.78, 5) is 31.4. The van der Waals surface area contributed by atoms with Crippen LogP contribution in [0.25, 0.3) is 0 Å². The third kappa shape index (κ3) is 4.11. The van der Waals surface area contributed by atoms with Gasteiger partial charge in [-0.25, -0.2) is 14.1 Å². The molecule has 2 unspecified atom stereocenters. The van der Waals surface area contributed by atoms with Crippen LogP contribution in [0.3, 0.4) is 0 Å². The highest BCUT2D eigenvalue weighted by molar-refractivity contribution is 6.07. The lowest BCUT2D eigenvalue weighted by atomic mass is 9.64. The molecule has 7 nitrogen and oxygen atoms in total. The fourth-order valence-electron chi connectivity index (χ4n) is 5.80. The number of hydrogen-bond acceptors (Lipinski definition) is 5. The van der Waals surface area contributed by atoms with Gasteiger partial charge in [-0.2, -0.15) is 5.26 Å². The maximum atomic E-state index is 14.3. The topological polar surface area (TPSA) is 79.7 Å². The number of amides is 3. The van der Waals surface area contributed by atoms with Gasteiger partial charge in [0.15, 0.2) is 0 Å². The Bertz CT molecular complexity index is 934. The summed E-state index contributed by atoms with van der Waals surface area (Å²) in [5, 5.41) is 11.9. The summed E-state index contributed by atoms with van der Waals surface area (Å²) < 4.78 is 14.3. The number of nitrogens with one attached hydrogen (secondary N) is 1. The second-order valence-corrected chi connectivity index (χ2v) is 10.1. The summed E-state index contributed by atoms with van der Waals surface area (Å²) in [6, 6.07) is 6.14. The minimum Gasteiger partial charge on any atom is -0.367 e. The van der Waals surface area contributed by atoms with Crippen LogP contribution in [-0.2, 0) is 4.79 Å². The van der Waals surface area contributed by atoms with Gasteiger partial charge in [0.2, 0.25) is 0 Å². The van der Waals surface area contributed by atoms with Crippen molar-refractivity contribution in [2.75, 3.05) is 37.7 Å². The van der Waals surface area contributed by atoms with Gasteiger partial charge >= 0.3 is 6.03 Å². The molecule has 1 spiro atoms. The van der Waals surface area contributed by atoms with E-state index in [9.17, 15) is 14.0 Å². The third-order valence-electron chi connectivity index (χ3n) is 6.76. The van der Waals surface area contributed by atoms with E-state index >= 15 is 0 Å². The lowest BCUT2D eigenvalue weighted by molar-refractivity contribution is -0.136. The molecule has 1 aliphatic carbocycles. The van der Waals surface area contributed by atoms with Gasteiger partial charge in [0, 0.05) is 26.2 Å². The predicted molar refractivity (Wildman–Crippen MR) is 115 cm³/mol. The number of carbonyl (C=O) groups excluding carboxylic acids is 2. The van der Waals surface area contributed by atoms with Crippen molar-refractivity contribution in [3.05, 3.63) is 29.6 Å². The first-order valence-corrected chi connectivity index (χ1v) is 10.9. The van der Waals surface area contributed by atoms with Crippen LogP contribution >= 0.6 is 0 Å². The summed E-state index contributed by atoms with van der Waals surface area (Å²) >= 11 is 0. The number of piperazine rings is 1. The Kier molecular flexibility index (Phi) is 5.42. The molecule has 8 heteroatoms. The highest BCUT2D eigenvalue weighted by Crippen LogP contribution is 2.46. The standard InChI is InChI=1S/C23H30FN5O2/c1-16-11-22(2,3)14-23(12-16)20(30)29(21(31)26-23)15-27-6-8-28(9-7-27)19-5-4-17(13-25)10-18(19)24/h4-5,10,16H,6-9,11-12,14-15H2,1-3H3,(H,26,31). The second-order valence-electron chi connectivity index (χ2n) is 10.1. The minimum atomic E-state index is -0.786. The quantitative estimate of drug-likeness (QED) is 0.751. The first-order chi connectivity index (χ1) is 14.6. The number of hydrogen-bond donors (Lipinski definition) is 1. The molecule has 1 aromatic rings. The zero-order valence-corrected chi connectivity index (χ0v) is 18.4. The summed E-state index contributed by atoms with van der Waals surface area (Å²) in [6.07, 6.45) is 2.40. The van der Waals surface area contributed by atoms with Crippen molar-refractivity contribution in [2.24, 2.45) is 11.3 Å². The third-order valence-corrected chi connectivity index (χ3v) is 6.76. The average molecular weight is 428 g/mol. The van der Waals surface area contributed by atoms with E-state index in [2.05, 4.69) is 31.0 Å². The molecule has 2 aliphatic heterocycles. The van der Waals surface area contributed by atoms with E-state index in [1.165, 1.54) is 11.0 Å². The van der Waals surface area contributed by atoms with Crippen LogP contribution in [0.4, 0.5) is 14.9 Å². The van der Waals surface area contributed by atoms with E-state index in [0.717, 1.165) is 6.42 Å². The first kappa shape index (κ1) is 21.6. The number of anilines is 1. The van der Waals surface area contributed by atoms with E-state index in [4.69, 9.17) is 5.26 Å². The van der Waals surface area contributed by atoms with Crippen molar-refractivity contribution in [1.82, 2.24) is 15.1 Å². The Labute approximate surface area is 182 Å². The van der Waals surface area contributed by atoms with Gasteiger partial charge in [0.05, 0.1) is 24.0 Å². The highest BCUT2D eigenvalue weighted by atomic mass is 19.1. The number of nitrogens with zero attached hydrogens (tertiary/aromatic N) is 4. The fourth-order valence-corrected chi connectivity index (χ4v) is 5.80. The molecule has 3 aliphatic rings. The van der Waals surface area contributed by atoms with Crippen LogP contribution in [0.15, 0.2) is 18.2 Å². The molecule has 166 valence electrons. The summed E-state index contributed by atoms with van der Waals surface area (Å²) in [5.41, 5.74) is -0.00219. The first-order valence-electron chi connectivity index (χ1n) is 10.9. The van der Waals surface area contributed by atoms with Gasteiger partial charge in [0.1, 0.15) is 11.4 Å². The number of imide groups is 1. The lowest BCUT2D eigenvalue weighted by Gasteiger charge is -2.44. The normalized spacial score (nSPS) is 28.7. The zero-order valence-electron chi connectivity index (χ0n) is 18.4. The molecule has 4 rings (SSSR count). The number of benzene rings is 1. The highest BCUT2D eigenvalue weighted by Gasteiger charge is 2.56. The number of urea groups is 1. The van der Waals surface area contributed by atoms with Crippen molar-refractivity contribution < 1.29 is 14.0 Å². The maximum absolute atomic E-state index is 14.3. The number of carbonyl (C=O) groups is 2. The van der Waals surface area contributed by atoms with Crippen LogP contribution in [0.5, 0.6) is 0 Å². The van der Waals surface area contributed by atoms with E-state index in [0.29, 0.717) is 56.2 Å². The number of halogens is 1. The Hall–Kier alpha value is -2.66. The van der Waals surface area contributed by atoms with Gasteiger partial charge in [-0.1, -0.05) is 20.8 Å². The predicted octanol–water partition coefficient (Wildman–Crippen LogP) is 2.91. The average Bonchev–Trinajstić information content (AvgIpc) is 2.90. The molecular formula is C23H30FN5O2. The van der Waals surface area contributed by atoms with Gasteiger partial charge in [-0.15, -0.1) is 0 Å². The lowest BCUT2D eigenvalue weighted by Crippen LogP contribution is -2.55. The van der Waals surface area contributed by atoms with Crippen molar-refractivity contribution in [3.63, 3.8) is 0 Å². The molecule has 3 fully saturated rings. The number of nitriles is 1. The van der Waals surface area contributed by atoms with Gasteiger partial charge in [-0.3, -0.25) is 9.69 Å². The summed E-state index contributed by atoms with van der Waals surface area (Å²) in [5.74, 6) is -0.144. The molecule has 0 radical (unpaired) electrons. The van der Waals surface area contributed by atoms with Crippen molar-refractivity contribution >= 4 is 17.6 Å². The number of rotatable bonds is 3. The van der Waals surface area contributed by atoms with E-state index in [1.807, 2.05) is 11.0 Å². The van der Waals surface area contributed by atoms with Crippen LogP contribution in [0, 0.1) is 28.5 Å². The maximum Gasteiger partial charge on any atom is 0.326 e. The van der Waals surface area contributed by atoms with Gasteiger partial charge in [-0.05, 0) is 48.8 Å². The molecule has 2 atom stereocenters. The largest absolute Gasteiger partial charge is 0.367 e. The molecule has 3 amide bonds. The van der Waals surface area contributed by atoms with Crippen molar-refractivity contribution in [3.8, 4) is 6.07 Å². The smallest absolute Gasteiger partial charge is 0.326 e. The summed E-state index contributed by atoms with van der Waals surface area (Å²) in [7, 11) is 0. The Morgan fingerprint density at radius 2 is 1.90 bits per heavy atom.